The number of carbonyl (C=O) groups excluding carboxylic acids is 2. The largest absolute Gasteiger partial charge is 0.464 e. The first kappa shape index (κ1) is 20.3. The first-order valence-electron chi connectivity index (χ1n) is 9.24. The van der Waals surface area contributed by atoms with Crippen molar-refractivity contribution in [1.82, 2.24) is 9.47 Å². The lowest BCUT2D eigenvalue weighted by Crippen LogP contribution is -2.40. The second-order valence-electron chi connectivity index (χ2n) is 7.85. The number of anilines is 1. The molecule has 1 aromatic heterocycles. The number of nitrogen functional groups attached to an aromatic ring is 1. The molecular weight excluding hydrogens is 372 g/mol. The molecule has 0 saturated heterocycles. The highest BCUT2D eigenvalue weighted by atomic mass is 16.6. The van der Waals surface area contributed by atoms with Crippen molar-refractivity contribution in [3.8, 4) is 11.8 Å². The molecule has 0 aliphatic carbocycles. The van der Waals surface area contributed by atoms with E-state index in [1.807, 2.05) is 45.0 Å². The first-order chi connectivity index (χ1) is 13.7. The Bertz CT molecular complexity index is 1010. The van der Waals surface area contributed by atoms with Gasteiger partial charge in [-0.3, -0.25) is 0 Å². The predicted molar refractivity (Wildman–Crippen MR) is 107 cm³/mol. The van der Waals surface area contributed by atoms with E-state index in [9.17, 15) is 14.9 Å². The van der Waals surface area contributed by atoms with Gasteiger partial charge in [0, 0.05) is 12.7 Å². The van der Waals surface area contributed by atoms with Crippen molar-refractivity contribution in [3.05, 3.63) is 46.8 Å². The summed E-state index contributed by atoms with van der Waals surface area (Å²) in [5.41, 5.74) is 8.37. The van der Waals surface area contributed by atoms with Crippen molar-refractivity contribution in [2.24, 2.45) is 0 Å². The van der Waals surface area contributed by atoms with Crippen molar-refractivity contribution < 1.29 is 19.1 Å². The number of nitriles is 1. The van der Waals surface area contributed by atoms with Crippen LogP contribution in [-0.4, -0.2) is 40.8 Å². The predicted octanol–water partition coefficient (Wildman–Crippen LogP) is 3.01. The van der Waals surface area contributed by atoms with Gasteiger partial charge in [-0.15, -0.1) is 0 Å². The third kappa shape index (κ3) is 3.90. The minimum absolute atomic E-state index is 0.0664. The van der Waals surface area contributed by atoms with Gasteiger partial charge >= 0.3 is 12.1 Å². The molecule has 1 aliphatic heterocycles. The Kier molecular flexibility index (Phi) is 5.25. The Morgan fingerprint density at radius 3 is 2.62 bits per heavy atom. The molecule has 0 bridgehead atoms. The standard InChI is InChI=1S/C21H24N4O4/c1-21(2,3)29-20(27)24-9-8-13-6-5-7-16(15(13)12-24)25-11-14(10-22)17(23)18(25)19(26)28-4/h5-7,11H,8-9,12,23H2,1-4H3. The van der Waals surface area contributed by atoms with Gasteiger partial charge in [0.2, 0.25) is 0 Å². The summed E-state index contributed by atoms with van der Waals surface area (Å²) < 4.78 is 11.9. The molecule has 8 heteroatoms. The van der Waals surface area contributed by atoms with Gasteiger partial charge in [-0.1, -0.05) is 12.1 Å². The maximum absolute atomic E-state index is 12.6. The van der Waals surface area contributed by atoms with Crippen molar-refractivity contribution in [1.29, 1.82) is 5.26 Å². The Labute approximate surface area is 169 Å². The SMILES string of the molecule is COC(=O)c1c(N)c(C#N)cn1-c1cccc2c1CN(C(=O)OC(C)(C)C)CC2. The summed E-state index contributed by atoms with van der Waals surface area (Å²) in [7, 11) is 1.26. The van der Waals surface area contributed by atoms with E-state index in [0.29, 0.717) is 25.2 Å². The zero-order valence-electron chi connectivity index (χ0n) is 17.0. The Balaban J connectivity index is 2.07. The summed E-state index contributed by atoms with van der Waals surface area (Å²) in [6.07, 6.45) is 1.78. The highest BCUT2D eigenvalue weighted by Crippen LogP contribution is 2.31. The number of benzene rings is 1. The summed E-state index contributed by atoms with van der Waals surface area (Å²) in [4.78, 5) is 26.5. The van der Waals surface area contributed by atoms with Crippen LogP contribution in [0.3, 0.4) is 0 Å². The molecule has 2 N–H and O–H groups in total. The van der Waals surface area contributed by atoms with Crippen LogP contribution in [0.1, 0.15) is 48.0 Å². The molecule has 0 atom stereocenters. The van der Waals surface area contributed by atoms with Crippen LogP contribution in [0.4, 0.5) is 10.5 Å². The van der Waals surface area contributed by atoms with Crippen LogP contribution < -0.4 is 5.73 Å². The molecule has 0 fully saturated rings. The van der Waals surface area contributed by atoms with Gasteiger partial charge in [0.25, 0.3) is 0 Å². The molecule has 0 unspecified atom stereocenters. The smallest absolute Gasteiger partial charge is 0.410 e. The number of rotatable bonds is 2. The molecule has 0 radical (unpaired) electrons. The highest BCUT2D eigenvalue weighted by molar-refractivity contribution is 5.96. The molecule has 1 aromatic carbocycles. The van der Waals surface area contributed by atoms with Gasteiger partial charge in [-0.25, -0.2) is 9.59 Å². The average Bonchev–Trinajstić information content (AvgIpc) is 3.01. The zero-order chi connectivity index (χ0) is 21.3. The lowest BCUT2D eigenvalue weighted by Gasteiger charge is -2.32. The quantitative estimate of drug-likeness (QED) is 0.781. The third-order valence-electron chi connectivity index (χ3n) is 4.70. The normalized spacial score (nSPS) is 13.4. The van der Waals surface area contributed by atoms with Crippen molar-refractivity contribution in [3.63, 3.8) is 0 Å². The molecule has 29 heavy (non-hydrogen) atoms. The monoisotopic (exact) mass is 396 g/mol. The summed E-state index contributed by atoms with van der Waals surface area (Å²) in [6.45, 7) is 6.32. The molecule has 8 nitrogen and oxygen atoms in total. The van der Waals surface area contributed by atoms with Gasteiger partial charge in [-0.05, 0) is 44.4 Å². The second kappa shape index (κ2) is 7.51. The highest BCUT2D eigenvalue weighted by Gasteiger charge is 2.29. The van der Waals surface area contributed by atoms with Crippen molar-refractivity contribution >= 4 is 17.7 Å². The van der Waals surface area contributed by atoms with Crippen LogP contribution in [0.2, 0.25) is 0 Å². The lowest BCUT2D eigenvalue weighted by molar-refractivity contribution is 0.0223. The molecular formula is C21H24N4O4. The fourth-order valence-corrected chi connectivity index (χ4v) is 3.38. The second-order valence-corrected chi connectivity index (χ2v) is 7.85. The van der Waals surface area contributed by atoms with Crippen LogP contribution >= 0.6 is 0 Å². The fraction of sp³-hybridized carbons (Fsp3) is 0.381. The van der Waals surface area contributed by atoms with E-state index in [-0.39, 0.29) is 16.9 Å². The van der Waals surface area contributed by atoms with Gasteiger partial charge in [-0.2, -0.15) is 5.26 Å². The third-order valence-corrected chi connectivity index (χ3v) is 4.70. The maximum Gasteiger partial charge on any atom is 0.410 e. The van der Waals surface area contributed by atoms with Gasteiger partial charge in [0.05, 0.1) is 30.6 Å². The minimum atomic E-state index is -0.638. The van der Waals surface area contributed by atoms with E-state index < -0.39 is 17.7 Å². The van der Waals surface area contributed by atoms with E-state index >= 15 is 0 Å². The number of hydrogen-bond donors (Lipinski definition) is 1. The molecule has 0 saturated carbocycles. The van der Waals surface area contributed by atoms with E-state index in [1.165, 1.54) is 13.3 Å². The zero-order valence-corrected chi connectivity index (χ0v) is 17.0. The fourth-order valence-electron chi connectivity index (χ4n) is 3.38. The molecule has 152 valence electrons. The van der Waals surface area contributed by atoms with Gasteiger partial charge < -0.3 is 24.7 Å². The number of methoxy groups -OCH3 is 1. The van der Waals surface area contributed by atoms with Crippen molar-refractivity contribution in [2.75, 3.05) is 19.4 Å². The van der Waals surface area contributed by atoms with Crippen LogP contribution in [0.5, 0.6) is 0 Å². The van der Waals surface area contributed by atoms with Gasteiger partial charge in [0.1, 0.15) is 11.7 Å². The van der Waals surface area contributed by atoms with Gasteiger partial charge in [0.15, 0.2) is 5.69 Å². The number of fused-ring (bicyclic) bond motifs is 1. The summed E-state index contributed by atoms with van der Waals surface area (Å²) in [6, 6.07) is 7.69. The number of ether oxygens (including phenoxy) is 2. The molecule has 2 aromatic rings. The summed E-state index contributed by atoms with van der Waals surface area (Å²) >= 11 is 0. The van der Waals surface area contributed by atoms with Crippen molar-refractivity contribution in [2.45, 2.75) is 39.3 Å². The van der Waals surface area contributed by atoms with Crippen LogP contribution in [-0.2, 0) is 22.4 Å². The number of nitrogens with zero attached hydrogens (tertiary/aromatic N) is 3. The van der Waals surface area contributed by atoms with E-state index in [0.717, 1.165) is 11.1 Å². The van der Waals surface area contributed by atoms with E-state index in [1.54, 1.807) is 9.47 Å². The topological polar surface area (TPSA) is 111 Å². The molecule has 0 spiro atoms. The number of carbonyl (C=O) groups is 2. The van der Waals surface area contributed by atoms with Crippen LogP contribution in [0.15, 0.2) is 24.4 Å². The number of amides is 1. The van der Waals surface area contributed by atoms with E-state index in [2.05, 4.69) is 0 Å². The average molecular weight is 396 g/mol. The number of hydrogen-bond acceptors (Lipinski definition) is 6. The Hall–Kier alpha value is -3.47. The number of esters is 1. The number of nitrogens with two attached hydrogens (primary N) is 1. The summed E-state index contributed by atoms with van der Waals surface area (Å²) in [5, 5.41) is 9.35. The van der Waals surface area contributed by atoms with Crippen LogP contribution in [0.25, 0.3) is 5.69 Å². The Morgan fingerprint density at radius 1 is 1.28 bits per heavy atom. The lowest BCUT2D eigenvalue weighted by atomic mass is 9.98. The molecule has 1 aliphatic rings. The Morgan fingerprint density at radius 2 is 2.00 bits per heavy atom. The van der Waals surface area contributed by atoms with Crippen LogP contribution in [0, 0.1) is 11.3 Å². The summed E-state index contributed by atoms with van der Waals surface area (Å²) in [5.74, 6) is -0.638. The molecule has 1 amide bonds. The minimum Gasteiger partial charge on any atom is -0.464 e. The van der Waals surface area contributed by atoms with E-state index in [4.69, 9.17) is 15.2 Å². The molecule has 3 rings (SSSR count). The molecule has 2 heterocycles. The maximum atomic E-state index is 12.6. The number of aromatic nitrogens is 1. The first-order valence-corrected chi connectivity index (χ1v) is 9.24.